The summed E-state index contributed by atoms with van der Waals surface area (Å²) in [5.74, 6) is 0.506. The Bertz CT molecular complexity index is 668. The predicted molar refractivity (Wildman–Crippen MR) is 90.0 cm³/mol. The van der Waals surface area contributed by atoms with Gasteiger partial charge >= 0.3 is 0 Å². The Hall–Kier alpha value is -2.02. The van der Waals surface area contributed by atoms with Crippen LogP contribution in [0, 0.1) is 6.92 Å². The number of amides is 1. The number of hydrogen-bond acceptors (Lipinski definition) is 5. The van der Waals surface area contributed by atoms with Gasteiger partial charge in [-0.2, -0.15) is 4.98 Å². The third-order valence-electron chi connectivity index (χ3n) is 3.31. The summed E-state index contributed by atoms with van der Waals surface area (Å²) >= 11 is 1.27. The number of hydrogen-bond donors (Lipinski definition) is 3. The number of rotatable bonds is 5. The minimum atomic E-state index is -0.324. The van der Waals surface area contributed by atoms with E-state index in [9.17, 15) is 4.79 Å². The molecule has 0 fully saturated rings. The minimum Gasteiger partial charge on any atom is -0.368 e. The van der Waals surface area contributed by atoms with E-state index in [4.69, 9.17) is 5.73 Å². The molecule has 0 saturated carbocycles. The number of thioether (sulfide) groups is 1. The van der Waals surface area contributed by atoms with E-state index in [1.54, 1.807) is 0 Å². The normalized spacial score (nSPS) is 12.4. The molecule has 4 N–H and O–H groups in total. The number of benzene rings is 1. The summed E-state index contributed by atoms with van der Waals surface area (Å²) in [4.78, 5) is 16.4. The molecule has 1 aromatic carbocycles. The lowest BCUT2D eigenvalue weighted by molar-refractivity contribution is -0.115. The quantitative estimate of drug-likeness (QED) is 0.736. The Balaban J connectivity index is 2.11. The summed E-state index contributed by atoms with van der Waals surface area (Å²) in [6.07, 6.45) is 0. The number of nitrogens with one attached hydrogen (secondary N) is 2. The zero-order valence-electron chi connectivity index (χ0n) is 13.2. The minimum absolute atomic E-state index is 0.0791. The van der Waals surface area contributed by atoms with E-state index >= 15 is 0 Å². The molecule has 1 amide bonds. The third-order valence-corrected chi connectivity index (χ3v) is 4.27. The molecule has 2 rings (SSSR count). The molecule has 0 aliphatic carbocycles. The van der Waals surface area contributed by atoms with Gasteiger partial charge in [-0.05, 0) is 30.9 Å². The van der Waals surface area contributed by atoms with Gasteiger partial charge in [-0.25, -0.2) is 5.10 Å². The maximum absolute atomic E-state index is 12.4. The Kier molecular flexibility index (Phi) is 5.07. The van der Waals surface area contributed by atoms with Crippen molar-refractivity contribution in [3.8, 4) is 0 Å². The van der Waals surface area contributed by atoms with Crippen LogP contribution in [-0.2, 0) is 4.79 Å². The van der Waals surface area contributed by atoms with Crippen LogP contribution in [0.15, 0.2) is 23.4 Å². The number of carbonyl (C=O) groups excluding carboxylic acids is 1. The highest BCUT2D eigenvalue weighted by Gasteiger charge is 2.19. The van der Waals surface area contributed by atoms with Crippen LogP contribution in [0.2, 0.25) is 0 Å². The monoisotopic (exact) mass is 319 g/mol. The van der Waals surface area contributed by atoms with E-state index in [1.807, 2.05) is 32.0 Å². The third kappa shape index (κ3) is 3.79. The van der Waals surface area contributed by atoms with Crippen molar-refractivity contribution < 1.29 is 4.79 Å². The summed E-state index contributed by atoms with van der Waals surface area (Å²) in [5, 5.41) is 9.66. The van der Waals surface area contributed by atoms with Crippen molar-refractivity contribution in [2.45, 2.75) is 44.0 Å². The second-order valence-electron chi connectivity index (χ2n) is 5.45. The fourth-order valence-electron chi connectivity index (χ4n) is 2.09. The molecule has 0 saturated heterocycles. The number of aromatic amines is 1. The zero-order valence-corrected chi connectivity index (χ0v) is 14.0. The summed E-state index contributed by atoms with van der Waals surface area (Å²) in [7, 11) is 0. The summed E-state index contributed by atoms with van der Waals surface area (Å²) in [6, 6.07) is 6.05. The number of anilines is 2. The first-order valence-corrected chi connectivity index (χ1v) is 8.01. The number of nitrogens with zero attached hydrogens (tertiary/aromatic N) is 2. The van der Waals surface area contributed by atoms with Gasteiger partial charge < -0.3 is 11.1 Å². The number of nitrogen functional groups attached to an aromatic ring is 1. The molecule has 7 heteroatoms. The van der Waals surface area contributed by atoms with Crippen molar-refractivity contribution in [2.24, 2.45) is 0 Å². The molecule has 0 radical (unpaired) electrons. The average Bonchev–Trinajstić information content (AvgIpc) is 2.85. The highest BCUT2D eigenvalue weighted by Crippen LogP contribution is 2.28. The Morgan fingerprint density at radius 2 is 2.09 bits per heavy atom. The molecule has 22 heavy (non-hydrogen) atoms. The topological polar surface area (TPSA) is 96.7 Å². The largest absolute Gasteiger partial charge is 0.368 e. The van der Waals surface area contributed by atoms with Crippen LogP contribution in [0.4, 0.5) is 11.6 Å². The number of aryl methyl sites for hydroxylation is 1. The highest BCUT2D eigenvalue weighted by molar-refractivity contribution is 8.00. The van der Waals surface area contributed by atoms with Gasteiger partial charge in [0.1, 0.15) is 0 Å². The first kappa shape index (κ1) is 16.4. The predicted octanol–water partition coefficient (Wildman–Crippen LogP) is 2.94. The number of H-pyrrole nitrogens is 1. The second-order valence-corrected chi connectivity index (χ2v) is 6.75. The van der Waals surface area contributed by atoms with E-state index < -0.39 is 0 Å². The van der Waals surface area contributed by atoms with Gasteiger partial charge in [-0.15, -0.1) is 5.10 Å². The molecule has 0 aliphatic rings. The number of para-hydroxylation sites is 1. The molecule has 0 spiro atoms. The second kappa shape index (κ2) is 6.83. The van der Waals surface area contributed by atoms with E-state index in [-0.39, 0.29) is 17.1 Å². The lowest BCUT2D eigenvalue weighted by atomic mass is 9.98. The smallest absolute Gasteiger partial charge is 0.237 e. The fourth-order valence-corrected chi connectivity index (χ4v) is 2.82. The summed E-state index contributed by atoms with van der Waals surface area (Å²) in [6.45, 7) is 8.03. The van der Waals surface area contributed by atoms with Gasteiger partial charge in [0.15, 0.2) is 0 Å². The van der Waals surface area contributed by atoms with Gasteiger partial charge in [0.2, 0.25) is 17.0 Å². The number of aromatic nitrogens is 3. The van der Waals surface area contributed by atoms with E-state index in [1.165, 1.54) is 11.8 Å². The molecule has 0 bridgehead atoms. The molecule has 2 aromatic rings. The van der Waals surface area contributed by atoms with Crippen molar-refractivity contribution in [1.82, 2.24) is 15.2 Å². The molecule has 6 nitrogen and oxygen atoms in total. The Morgan fingerprint density at radius 1 is 1.36 bits per heavy atom. The Labute approximate surface area is 134 Å². The summed E-state index contributed by atoms with van der Waals surface area (Å²) in [5.41, 5.74) is 8.56. The first-order valence-electron chi connectivity index (χ1n) is 7.13. The van der Waals surface area contributed by atoms with Crippen LogP contribution in [0.5, 0.6) is 0 Å². The van der Waals surface area contributed by atoms with Gasteiger partial charge in [-0.3, -0.25) is 4.79 Å². The van der Waals surface area contributed by atoms with Gasteiger partial charge in [0, 0.05) is 5.69 Å². The van der Waals surface area contributed by atoms with Crippen LogP contribution < -0.4 is 11.1 Å². The van der Waals surface area contributed by atoms with Crippen molar-refractivity contribution in [3.63, 3.8) is 0 Å². The number of carbonyl (C=O) groups is 1. The average molecular weight is 319 g/mol. The molecule has 0 aliphatic heterocycles. The van der Waals surface area contributed by atoms with Gasteiger partial charge in [-0.1, -0.05) is 43.8 Å². The van der Waals surface area contributed by atoms with Gasteiger partial charge in [0.25, 0.3) is 0 Å². The van der Waals surface area contributed by atoms with Crippen molar-refractivity contribution >= 4 is 29.3 Å². The van der Waals surface area contributed by atoms with Crippen LogP contribution in [-0.4, -0.2) is 26.3 Å². The molecule has 1 atom stereocenters. The lowest BCUT2D eigenvalue weighted by Gasteiger charge is -2.18. The Morgan fingerprint density at radius 3 is 2.68 bits per heavy atom. The maximum atomic E-state index is 12.4. The van der Waals surface area contributed by atoms with Crippen LogP contribution in [0.25, 0.3) is 0 Å². The molecular weight excluding hydrogens is 298 g/mol. The van der Waals surface area contributed by atoms with Crippen LogP contribution in [0.1, 0.15) is 37.8 Å². The SMILES string of the molecule is Cc1cccc(C(C)C)c1NC(=O)[C@@H](C)Sc1n[nH]c(N)n1. The molecule has 1 aromatic heterocycles. The van der Waals surface area contributed by atoms with Crippen molar-refractivity contribution in [1.29, 1.82) is 0 Å². The maximum Gasteiger partial charge on any atom is 0.237 e. The fraction of sp³-hybridized carbons (Fsp3) is 0.400. The molecular formula is C15H21N5OS. The van der Waals surface area contributed by atoms with Crippen molar-refractivity contribution in [2.75, 3.05) is 11.1 Å². The van der Waals surface area contributed by atoms with E-state index in [2.05, 4.69) is 34.3 Å². The van der Waals surface area contributed by atoms with Gasteiger partial charge in [0.05, 0.1) is 5.25 Å². The van der Waals surface area contributed by atoms with E-state index in [0.717, 1.165) is 16.8 Å². The number of nitrogens with two attached hydrogens (primary N) is 1. The van der Waals surface area contributed by atoms with Crippen LogP contribution in [0.3, 0.4) is 0 Å². The zero-order chi connectivity index (χ0) is 16.3. The lowest BCUT2D eigenvalue weighted by Crippen LogP contribution is -2.24. The summed E-state index contributed by atoms with van der Waals surface area (Å²) < 4.78 is 0. The standard InChI is InChI=1S/C15H21N5OS/c1-8(2)11-7-5-6-9(3)12(11)17-13(21)10(4)22-15-18-14(16)19-20-15/h5-8,10H,1-4H3,(H,17,21)(H3,16,18,19,20)/t10-/m1/s1. The van der Waals surface area contributed by atoms with E-state index in [0.29, 0.717) is 11.1 Å². The molecule has 1 heterocycles. The highest BCUT2D eigenvalue weighted by atomic mass is 32.2. The molecule has 0 unspecified atom stereocenters. The van der Waals surface area contributed by atoms with Crippen molar-refractivity contribution in [3.05, 3.63) is 29.3 Å². The first-order chi connectivity index (χ1) is 10.4. The van der Waals surface area contributed by atoms with Crippen LogP contribution >= 0.6 is 11.8 Å². The molecule has 118 valence electrons.